The first kappa shape index (κ1) is 13.8. The Hall–Kier alpha value is -1.31. The highest BCUT2D eigenvalue weighted by molar-refractivity contribution is 7.85. The molecule has 0 heterocycles. The summed E-state index contributed by atoms with van der Waals surface area (Å²) in [5.74, 6) is 2.42. The lowest BCUT2D eigenvalue weighted by Crippen LogP contribution is -2.09. The second-order valence-corrected chi connectivity index (χ2v) is 5.31. The second kappa shape index (κ2) is 7.10. The molecule has 0 saturated heterocycles. The van der Waals surface area contributed by atoms with Crippen LogP contribution in [0.15, 0.2) is 30.3 Å². The lowest BCUT2D eigenvalue weighted by atomic mass is 10.2. The minimum Gasteiger partial charge on any atom is -0.270 e. The Bertz CT molecular complexity index is 457. The molecule has 3 nitrogen and oxygen atoms in total. The number of terminal acetylenes is 1. The van der Waals surface area contributed by atoms with Gasteiger partial charge >= 0.3 is 0 Å². The average Bonchev–Trinajstić information content (AvgIpc) is 2.29. The lowest BCUT2D eigenvalue weighted by Gasteiger charge is -2.05. The van der Waals surface area contributed by atoms with Crippen LogP contribution in [0.4, 0.5) is 0 Å². The van der Waals surface area contributed by atoms with Crippen LogP contribution in [0.2, 0.25) is 0 Å². The number of rotatable bonds is 7. The summed E-state index contributed by atoms with van der Waals surface area (Å²) in [4.78, 5) is 0. The molecule has 1 aromatic rings. The van der Waals surface area contributed by atoms with E-state index in [0.717, 1.165) is 12.0 Å². The smallest absolute Gasteiger partial charge is 0.270 e. The van der Waals surface area contributed by atoms with Gasteiger partial charge in [0.25, 0.3) is 10.1 Å². The van der Waals surface area contributed by atoms with Gasteiger partial charge in [0, 0.05) is 6.42 Å². The Morgan fingerprint density at radius 1 is 1.18 bits per heavy atom. The monoisotopic (exact) mass is 252 g/mol. The highest BCUT2D eigenvalue weighted by Gasteiger charge is 2.11. The van der Waals surface area contributed by atoms with E-state index < -0.39 is 10.1 Å². The van der Waals surface area contributed by atoms with Crippen LogP contribution in [-0.2, 0) is 20.1 Å². The molecule has 0 fully saturated rings. The topological polar surface area (TPSA) is 43.4 Å². The molecule has 0 aromatic heterocycles. The molecule has 0 bridgehead atoms. The summed E-state index contributed by atoms with van der Waals surface area (Å²) in [6.07, 6.45) is 7.20. The molecular formula is C13H16O3S. The first-order valence-corrected chi connectivity index (χ1v) is 7.06. The quantitative estimate of drug-likeness (QED) is 0.425. The maximum Gasteiger partial charge on any atom is 0.271 e. The summed E-state index contributed by atoms with van der Waals surface area (Å²) < 4.78 is 28.0. The standard InChI is InChI=1S/C13H16O3S/c1-2-3-4-8-11-16-17(14,15)12-13-9-6-5-7-10-13/h1,5-7,9-10H,3-4,8,11-12H2. The number of benzene rings is 1. The average molecular weight is 252 g/mol. The van der Waals surface area contributed by atoms with Crippen LogP contribution < -0.4 is 0 Å². The van der Waals surface area contributed by atoms with Crippen molar-refractivity contribution in [2.75, 3.05) is 6.61 Å². The SMILES string of the molecule is C#CCCCCOS(=O)(=O)Cc1ccccc1. The zero-order chi connectivity index (χ0) is 12.6. The maximum absolute atomic E-state index is 11.6. The van der Waals surface area contributed by atoms with Crippen LogP contribution in [0.25, 0.3) is 0 Å². The summed E-state index contributed by atoms with van der Waals surface area (Å²) in [6, 6.07) is 8.98. The molecule has 0 radical (unpaired) electrons. The van der Waals surface area contributed by atoms with E-state index in [1.807, 2.05) is 6.07 Å². The van der Waals surface area contributed by atoms with Gasteiger partial charge in [0.05, 0.1) is 6.61 Å². The minimum absolute atomic E-state index is 0.0804. The van der Waals surface area contributed by atoms with Crippen molar-refractivity contribution >= 4 is 10.1 Å². The molecule has 0 atom stereocenters. The van der Waals surface area contributed by atoms with Gasteiger partial charge in [-0.05, 0) is 18.4 Å². The molecule has 0 aliphatic heterocycles. The van der Waals surface area contributed by atoms with Gasteiger partial charge in [0.2, 0.25) is 0 Å². The van der Waals surface area contributed by atoms with Gasteiger partial charge in [0.15, 0.2) is 0 Å². The summed E-state index contributed by atoms with van der Waals surface area (Å²) in [5, 5.41) is 0. The van der Waals surface area contributed by atoms with Crippen molar-refractivity contribution in [2.24, 2.45) is 0 Å². The number of unbranched alkanes of at least 4 members (excludes halogenated alkanes) is 2. The number of hydrogen-bond acceptors (Lipinski definition) is 3. The molecule has 0 aliphatic rings. The van der Waals surface area contributed by atoms with Crippen molar-refractivity contribution in [1.29, 1.82) is 0 Å². The first-order chi connectivity index (χ1) is 8.14. The van der Waals surface area contributed by atoms with Crippen molar-refractivity contribution in [2.45, 2.75) is 25.0 Å². The second-order valence-electron chi connectivity index (χ2n) is 3.67. The summed E-state index contributed by atoms with van der Waals surface area (Å²) in [7, 11) is -3.47. The van der Waals surface area contributed by atoms with E-state index in [-0.39, 0.29) is 12.4 Å². The fourth-order valence-corrected chi connectivity index (χ4v) is 2.39. The van der Waals surface area contributed by atoms with Crippen molar-refractivity contribution in [3.8, 4) is 12.3 Å². The largest absolute Gasteiger partial charge is 0.271 e. The fraction of sp³-hybridized carbons (Fsp3) is 0.385. The van der Waals surface area contributed by atoms with E-state index in [1.54, 1.807) is 24.3 Å². The third-order valence-electron chi connectivity index (χ3n) is 2.16. The molecule has 0 unspecified atom stereocenters. The predicted molar refractivity (Wildman–Crippen MR) is 67.7 cm³/mol. The maximum atomic E-state index is 11.6. The highest BCUT2D eigenvalue weighted by Crippen LogP contribution is 2.08. The normalized spacial score (nSPS) is 11.0. The van der Waals surface area contributed by atoms with E-state index in [0.29, 0.717) is 12.8 Å². The van der Waals surface area contributed by atoms with Gasteiger partial charge < -0.3 is 0 Å². The zero-order valence-corrected chi connectivity index (χ0v) is 10.4. The molecule has 17 heavy (non-hydrogen) atoms. The van der Waals surface area contributed by atoms with Crippen LogP contribution >= 0.6 is 0 Å². The van der Waals surface area contributed by atoms with Crippen molar-refractivity contribution in [3.05, 3.63) is 35.9 Å². The van der Waals surface area contributed by atoms with E-state index in [1.165, 1.54) is 0 Å². The van der Waals surface area contributed by atoms with Crippen LogP contribution in [0.3, 0.4) is 0 Å². The van der Waals surface area contributed by atoms with Crippen molar-refractivity contribution in [3.63, 3.8) is 0 Å². The Balaban J connectivity index is 2.35. The van der Waals surface area contributed by atoms with E-state index in [9.17, 15) is 8.42 Å². The Morgan fingerprint density at radius 3 is 2.53 bits per heavy atom. The molecule has 0 spiro atoms. The molecule has 0 saturated carbocycles. The molecule has 0 N–H and O–H groups in total. The molecule has 0 aliphatic carbocycles. The summed E-state index contributed by atoms with van der Waals surface area (Å²) >= 11 is 0. The van der Waals surface area contributed by atoms with E-state index in [4.69, 9.17) is 10.6 Å². The third-order valence-corrected chi connectivity index (χ3v) is 3.38. The lowest BCUT2D eigenvalue weighted by molar-refractivity contribution is 0.308. The van der Waals surface area contributed by atoms with Gasteiger partial charge in [-0.3, -0.25) is 4.18 Å². The third kappa shape index (κ3) is 6.10. The van der Waals surface area contributed by atoms with E-state index in [2.05, 4.69) is 5.92 Å². The minimum atomic E-state index is -3.47. The van der Waals surface area contributed by atoms with Gasteiger partial charge in [0.1, 0.15) is 5.75 Å². The van der Waals surface area contributed by atoms with Gasteiger partial charge in [-0.1, -0.05) is 30.3 Å². The van der Waals surface area contributed by atoms with Gasteiger partial charge in [-0.15, -0.1) is 12.3 Å². The van der Waals surface area contributed by atoms with E-state index >= 15 is 0 Å². The highest BCUT2D eigenvalue weighted by atomic mass is 32.2. The Labute approximate surface area is 103 Å². The van der Waals surface area contributed by atoms with Gasteiger partial charge in [-0.2, -0.15) is 8.42 Å². The molecule has 92 valence electrons. The van der Waals surface area contributed by atoms with Crippen molar-refractivity contribution in [1.82, 2.24) is 0 Å². The molecule has 1 aromatic carbocycles. The predicted octanol–water partition coefficient (Wildman–Crippen LogP) is 2.34. The summed E-state index contributed by atoms with van der Waals surface area (Å²) in [6.45, 7) is 0.205. The Morgan fingerprint density at radius 2 is 1.88 bits per heavy atom. The van der Waals surface area contributed by atoms with Crippen LogP contribution in [0, 0.1) is 12.3 Å². The molecule has 1 rings (SSSR count). The molecular weight excluding hydrogens is 236 g/mol. The summed E-state index contributed by atoms with van der Waals surface area (Å²) in [5.41, 5.74) is 0.733. The molecule has 4 heteroatoms. The fourth-order valence-electron chi connectivity index (χ4n) is 1.34. The zero-order valence-electron chi connectivity index (χ0n) is 9.63. The van der Waals surface area contributed by atoms with Crippen LogP contribution in [-0.4, -0.2) is 15.0 Å². The van der Waals surface area contributed by atoms with Gasteiger partial charge in [-0.25, -0.2) is 0 Å². The van der Waals surface area contributed by atoms with Crippen molar-refractivity contribution < 1.29 is 12.6 Å². The Kier molecular flexibility index (Phi) is 5.75. The van der Waals surface area contributed by atoms with Crippen LogP contribution in [0.5, 0.6) is 0 Å². The number of hydrogen-bond donors (Lipinski definition) is 0. The van der Waals surface area contributed by atoms with Crippen LogP contribution in [0.1, 0.15) is 24.8 Å². The molecule has 0 amide bonds. The first-order valence-electron chi connectivity index (χ1n) is 5.48.